The van der Waals surface area contributed by atoms with E-state index in [2.05, 4.69) is 20.5 Å². The normalized spacial score (nSPS) is 21.4. The number of aromatic amines is 1. The number of H-pyrrole nitrogens is 1. The van der Waals surface area contributed by atoms with Gasteiger partial charge in [0, 0.05) is 50.7 Å². The number of likely N-dealkylation sites (tertiary alicyclic amines) is 1. The number of nitrogens with one attached hydrogen (secondary N) is 3. The van der Waals surface area contributed by atoms with Gasteiger partial charge in [-0.3, -0.25) is 4.57 Å². The molecule has 2 fully saturated rings. The van der Waals surface area contributed by atoms with E-state index in [0.717, 1.165) is 65.8 Å². The lowest BCUT2D eigenvalue weighted by molar-refractivity contribution is -0.253. The molecule has 2 aliphatic heterocycles. The molecule has 2 amide bonds. The van der Waals surface area contributed by atoms with Gasteiger partial charge < -0.3 is 35.1 Å². The van der Waals surface area contributed by atoms with Crippen LogP contribution in [0.4, 0.5) is 4.79 Å². The summed E-state index contributed by atoms with van der Waals surface area (Å²) in [7, 11) is 0. The van der Waals surface area contributed by atoms with Gasteiger partial charge in [0.05, 0.1) is 29.8 Å². The Morgan fingerprint density at radius 2 is 1.64 bits per heavy atom. The van der Waals surface area contributed by atoms with Crippen LogP contribution in [-0.2, 0) is 22.6 Å². The van der Waals surface area contributed by atoms with E-state index in [9.17, 15) is 14.7 Å². The number of carbonyl (C=O) groups is 1. The number of hydrogen-bond donors (Lipinski definition) is 4. The maximum atomic E-state index is 12.8. The molecule has 0 aliphatic carbocycles. The Bertz CT molecular complexity index is 1590. The van der Waals surface area contributed by atoms with Gasteiger partial charge in [-0.25, -0.2) is 9.59 Å². The molecule has 0 bridgehead atoms. The number of aliphatic hydroxyl groups is 1. The number of aliphatic hydroxyl groups excluding tert-OH is 1. The lowest BCUT2D eigenvalue weighted by Gasteiger charge is -2.40. The van der Waals surface area contributed by atoms with Gasteiger partial charge in [0.25, 0.3) is 0 Å². The van der Waals surface area contributed by atoms with Crippen molar-refractivity contribution >= 4 is 17.1 Å². The molecule has 4 aromatic rings. The van der Waals surface area contributed by atoms with Crippen LogP contribution in [0.15, 0.2) is 77.6 Å². The third-order valence-corrected chi connectivity index (χ3v) is 8.67. The lowest BCUT2D eigenvalue weighted by atomic mass is 9.98. The highest BCUT2D eigenvalue weighted by Crippen LogP contribution is 2.38. The molecule has 4 N–H and O–H groups in total. The minimum Gasteiger partial charge on any atom is -0.392 e. The Balaban J connectivity index is 1.13. The quantitative estimate of drug-likeness (QED) is 0.225. The number of hydrogen-bond acceptors (Lipinski definition) is 6. The predicted molar refractivity (Wildman–Crippen MR) is 168 cm³/mol. The van der Waals surface area contributed by atoms with E-state index in [-0.39, 0.29) is 36.6 Å². The second-order valence-corrected chi connectivity index (χ2v) is 11.7. The van der Waals surface area contributed by atoms with Gasteiger partial charge in [-0.2, -0.15) is 0 Å². The highest BCUT2D eigenvalue weighted by atomic mass is 16.7. The largest absolute Gasteiger partial charge is 0.392 e. The number of nitrogens with zero attached hydrogens (tertiary/aromatic N) is 2. The number of imidazole rings is 1. The van der Waals surface area contributed by atoms with Crippen LogP contribution in [0.3, 0.4) is 0 Å². The summed E-state index contributed by atoms with van der Waals surface area (Å²) in [6.45, 7) is 5.43. The Labute approximate surface area is 257 Å². The molecule has 0 radical (unpaired) electrons. The number of urea groups is 1. The first-order valence-electron chi connectivity index (χ1n) is 15.5. The highest BCUT2D eigenvalue weighted by Gasteiger charge is 2.34. The van der Waals surface area contributed by atoms with Gasteiger partial charge in [-0.1, -0.05) is 60.7 Å². The fourth-order valence-corrected chi connectivity index (χ4v) is 6.32. The second-order valence-electron chi connectivity index (χ2n) is 11.7. The number of aromatic nitrogens is 2. The smallest absolute Gasteiger partial charge is 0.326 e. The van der Waals surface area contributed by atoms with Crippen LogP contribution in [0.2, 0.25) is 0 Å². The Morgan fingerprint density at radius 3 is 2.36 bits per heavy atom. The van der Waals surface area contributed by atoms with Crippen molar-refractivity contribution in [2.75, 3.05) is 26.2 Å². The first-order valence-corrected chi connectivity index (χ1v) is 15.5. The summed E-state index contributed by atoms with van der Waals surface area (Å²) in [6.07, 6.45) is 1.75. The molecule has 10 heteroatoms. The molecule has 0 spiro atoms. The van der Waals surface area contributed by atoms with Crippen LogP contribution in [0, 0.1) is 0 Å². The molecule has 3 atom stereocenters. The molecule has 10 nitrogen and oxygen atoms in total. The van der Waals surface area contributed by atoms with Crippen LogP contribution < -0.4 is 16.3 Å². The molecule has 1 aromatic heterocycles. The Kier molecular flexibility index (Phi) is 9.42. The third-order valence-electron chi connectivity index (χ3n) is 8.67. The number of piperidine rings is 1. The van der Waals surface area contributed by atoms with Crippen molar-refractivity contribution in [3.05, 3.63) is 106 Å². The fraction of sp³-hybridized carbons (Fsp3) is 0.412. The summed E-state index contributed by atoms with van der Waals surface area (Å²) in [5.41, 5.74) is 5.63. The van der Waals surface area contributed by atoms with E-state index >= 15 is 0 Å². The zero-order valence-electron chi connectivity index (χ0n) is 25.1. The van der Waals surface area contributed by atoms with Crippen molar-refractivity contribution in [2.24, 2.45) is 0 Å². The number of benzene rings is 3. The topological polar surface area (TPSA) is 121 Å². The summed E-state index contributed by atoms with van der Waals surface area (Å²) in [6, 6.07) is 23.7. The van der Waals surface area contributed by atoms with Crippen LogP contribution in [0.1, 0.15) is 66.9 Å². The first-order chi connectivity index (χ1) is 21.5. The van der Waals surface area contributed by atoms with Crippen molar-refractivity contribution in [2.45, 2.75) is 63.9 Å². The van der Waals surface area contributed by atoms with E-state index in [1.165, 1.54) is 0 Å². The zero-order chi connectivity index (χ0) is 30.5. The molecule has 44 heavy (non-hydrogen) atoms. The minimum atomic E-state index is -0.538. The first kappa shape index (κ1) is 30.1. The molecule has 232 valence electrons. The van der Waals surface area contributed by atoms with E-state index in [4.69, 9.17) is 9.47 Å². The average Bonchev–Trinajstić information content (AvgIpc) is 3.40. The van der Waals surface area contributed by atoms with Crippen LogP contribution in [0.5, 0.6) is 0 Å². The summed E-state index contributed by atoms with van der Waals surface area (Å²) in [5, 5.41) is 15.1. The zero-order valence-corrected chi connectivity index (χ0v) is 25.1. The summed E-state index contributed by atoms with van der Waals surface area (Å²) in [5.74, 6) is 0. The highest BCUT2D eigenvalue weighted by molar-refractivity contribution is 5.75. The number of carbonyl (C=O) groups excluding carboxylic acids is 1. The molecule has 2 aliphatic rings. The Hall–Kier alpha value is -3.96. The molecule has 0 saturated carbocycles. The maximum absolute atomic E-state index is 12.8. The van der Waals surface area contributed by atoms with Gasteiger partial charge in [-0.05, 0) is 48.6 Å². The van der Waals surface area contributed by atoms with E-state index < -0.39 is 6.29 Å². The summed E-state index contributed by atoms with van der Waals surface area (Å²) >= 11 is 0. The molecule has 6 rings (SSSR count). The van der Waals surface area contributed by atoms with Crippen LogP contribution >= 0.6 is 0 Å². The van der Waals surface area contributed by atoms with E-state index in [1.807, 2.05) is 84.3 Å². The Morgan fingerprint density at radius 1 is 0.932 bits per heavy atom. The number of amides is 2. The molecule has 3 aromatic carbocycles. The number of ether oxygens (including phenoxy) is 2. The SMILES string of the molecule is CCNC(=O)NCc1ccc([C@H]2O[C@@H](CN3CCC(n4c(=O)[nH]c5ccccc54)CC3)C[C@@H](c3ccc(CO)cc3)O2)cc1. The average molecular weight is 600 g/mol. The predicted octanol–water partition coefficient (Wildman–Crippen LogP) is 4.52. The van der Waals surface area contributed by atoms with Gasteiger partial charge in [-0.15, -0.1) is 0 Å². The number of para-hydroxylation sites is 2. The molecular formula is C34H41N5O5. The van der Waals surface area contributed by atoms with Crippen molar-refractivity contribution in [3.8, 4) is 0 Å². The third kappa shape index (κ3) is 6.89. The van der Waals surface area contributed by atoms with E-state index in [1.54, 1.807) is 0 Å². The lowest BCUT2D eigenvalue weighted by Crippen LogP contribution is -2.43. The molecule has 3 heterocycles. The monoisotopic (exact) mass is 599 g/mol. The van der Waals surface area contributed by atoms with Crippen molar-refractivity contribution in [1.82, 2.24) is 25.1 Å². The number of rotatable bonds is 9. The van der Waals surface area contributed by atoms with Crippen molar-refractivity contribution < 1.29 is 19.4 Å². The van der Waals surface area contributed by atoms with Gasteiger partial charge in [0.1, 0.15) is 0 Å². The van der Waals surface area contributed by atoms with Crippen molar-refractivity contribution in [3.63, 3.8) is 0 Å². The van der Waals surface area contributed by atoms with E-state index in [0.29, 0.717) is 19.5 Å². The molecular weight excluding hydrogens is 558 g/mol. The maximum Gasteiger partial charge on any atom is 0.326 e. The van der Waals surface area contributed by atoms with Gasteiger partial charge >= 0.3 is 11.7 Å². The molecule has 0 unspecified atom stereocenters. The van der Waals surface area contributed by atoms with Crippen molar-refractivity contribution in [1.29, 1.82) is 0 Å². The second kappa shape index (κ2) is 13.8. The minimum absolute atomic E-state index is 0.00209. The van der Waals surface area contributed by atoms with Gasteiger partial charge in [0.15, 0.2) is 6.29 Å². The molecule has 2 saturated heterocycles. The summed E-state index contributed by atoms with van der Waals surface area (Å²) < 4.78 is 15.0. The number of fused-ring (bicyclic) bond motifs is 1. The van der Waals surface area contributed by atoms with Crippen LogP contribution in [0.25, 0.3) is 11.0 Å². The fourth-order valence-electron chi connectivity index (χ4n) is 6.32. The standard InChI is InChI=1S/C34H41N5O5/c1-2-35-33(41)36-20-23-7-13-26(14-8-23)32-43-28(19-31(44-32)25-11-9-24(22-40)10-12-25)21-38-17-15-27(16-18-38)39-30-6-4-3-5-29(30)37-34(39)42/h3-14,27-28,31-32,40H,2,15-22H2,1H3,(H,37,42)(H2,35,36,41)/t28-,31+,32+/m1/s1. The van der Waals surface area contributed by atoms with Crippen LogP contribution in [-0.4, -0.2) is 57.9 Å². The summed E-state index contributed by atoms with van der Waals surface area (Å²) in [4.78, 5) is 30.0. The van der Waals surface area contributed by atoms with Gasteiger partial charge in [0.2, 0.25) is 0 Å².